The molecule has 25 heavy (non-hydrogen) atoms. The Morgan fingerprint density at radius 3 is 2.48 bits per heavy atom. The molecule has 1 fully saturated rings. The number of carbonyl (C=O) groups is 1. The van der Waals surface area contributed by atoms with Crippen LogP contribution in [0.1, 0.15) is 5.56 Å². The first-order chi connectivity index (χ1) is 11.9. The first kappa shape index (κ1) is 17.5. The number of hydrogen-bond acceptors (Lipinski definition) is 2. The summed E-state index contributed by atoms with van der Waals surface area (Å²) in [6.07, 6.45) is 0. The van der Waals surface area contributed by atoms with Crippen LogP contribution in [-0.4, -0.2) is 37.1 Å². The summed E-state index contributed by atoms with van der Waals surface area (Å²) in [5.41, 5.74) is 1.95. The fourth-order valence-corrected chi connectivity index (χ4v) is 2.98. The van der Waals surface area contributed by atoms with Gasteiger partial charge in [-0.2, -0.15) is 0 Å². The van der Waals surface area contributed by atoms with Crippen molar-refractivity contribution in [3.05, 3.63) is 58.6 Å². The number of urea groups is 1. The summed E-state index contributed by atoms with van der Waals surface area (Å²) in [6, 6.07) is 8.63. The number of aryl methyl sites for hydroxylation is 1. The van der Waals surface area contributed by atoms with E-state index in [4.69, 9.17) is 11.6 Å². The first-order valence-corrected chi connectivity index (χ1v) is 8.34. The fraction of sp³-hybridized carbons (Fsp3) is 0.278. The van der Waals surface area contributed by atoms with E-state index in [9.17, 15) is 13.6 Å². The van der Waals surface area contributed by atoms with Crippen molar-refractivity contribution in [1.29, 1.82) is 0 Å². The van der Waals surface area contributed by atoms with Crippen molar-refractivity contribution in [2.24, 2.45) is 0 Å². The molecule has 2 amide bonds. The average molecular weight is 366 g/mol. The summed E-state index contributed by atoms with van der Waals surface area (Å²) in [5, 5.41) is 3.41. The van der Waals surface area contributed by atoms with Crippen LogP contribution >= 0.6 is 11.6 Å². The monoisotopic (exact) mass is 365 g/mol. The van der Waals surface area contributed by atoms with E-state index in [0.717, 1.165) is 11.6 Å². The minimum Gasteiger partial charge on any atom is -0.366 e. The summed E-state index contributed by atoms with van der Waals surface area (Å²) < 4.78 is 26.9. The Hall–Kier alpha value is -2.34. The van der Waals surface area contributed by atoms with Gasteiger partial charge in [0.05, 0.1) is 5.69 Å². The van der Waals surface area contributed by atoms with Gasteiger partial charge in [0.25, 0.3) is 0 Å². The van der Waals surface area contributed by atoms with Crippen LogP contribution < -0.4 is 10.2 Å². The largest absolute Gasteiger partial charge is 0.366 e. The van der Waals surface area contributed by atoms with Gasteiger partial charge in [-0.3, -0.25) is 0 Å². The Labute approximate surface area is 150 Å². The molecule has 0 aliphatic carbocycles. The number of anilines is 2. The smallest absolute Gasteiger partial charge is 0.321 e. The lowest BCUT2D eigenvalue weighted by Crippen LogP contribution is -2.50. The highest BCUT2D eigenvalue weighted by Gasteiger charge is 2.23. The van der Waals surface area contributed by atoms with E-state index < -0.39 is 11.6 Å². The molecule has 4 nitrogen and oxygen atoms in total. The number of piperazine rings is 1. The summed E-state index contributed by atoms with van der Waals surface area (Å²) >= 11 is 5.97. The zero-order valence-electron chi connectivity index (χ0n) is 13.7. The third-order valence-corrected chi connectivity index (χ3v) is 4.49. The van der Waals surface area contributed by atoms with Crippen molar-refractivity contribution in [2.45, 2.75) is 6.92 Å². The number of benzene rings is 2. The topological polar surface area (TPSA) is 35.6 Å². The van der Waals surface area contributed by atoms with Crippen LogP contribution in [0, 0.1) is 18.6 Å². The third kappa shape index (κ3) is 4.02. The maximum atomic E-state index is 13.9. The summed E-state index contributed by atoms with van der Waals surface area (Å²) in [7, 11) is 0. The minimum atomic E-state index is -0.601. The van der Waals surface area contributed by atoms with Gasteiger partial charge >= 0.3 is 6.03 Å². The summed E-state index contributed by atoms with van der Waals surface area (Å²) in [4.78, 5) is 15.9. The van der Waals surface area contributed by atoms with E-state index >= 15 is 0 Å². The molecule has 0 radical (unpaired) electrons. The van der Waals surface area contributed by atoms with Gasteiger partial charge in [-0.15, -0.1) is 0 Å². The van der Waals surface area contributed by atoms with Crippen molar-refractivity contribution in [1.82, 2.24) is 4.90 Å². The molecule has 1 saturated heterocycles. The fourth-order valence-electron chi connectivity index (χ4n) is 2.81. The molecule has 1 aliphatic rings. The van der Waals surface area contributed by atoms with Crippen molar-refractivity contribution in [3.63, 3.8) is 0 Å². The van der Waals surface area contributed by atoms with Crippen molar-refractivity contribution in [2.75, 3.05) is 36.4 Å². The maximum absolute atomic E-state index is 13.9. The van der Waals surface area contributed by atoms with Gasteiger partial charge in [-0.1, -0.05) is 17.7 Å². The molecule has 1 aliphatic heterocycles. The van der Waals surface area contributed by atoms with Gasteiger partial charge in [0, 0.05) is 43.0 Å². The number of halogens is 3. The molecule has 0 bridgehead atoms. The Morgan fingerprint density at radius 1 is 1.08 bits per heavy atom. The SMILES string of the molecule is Cc1ccc(Cl)cc1NC(=O)N1CCN(c2ccc(F)cc2F)CC1. The lowest BCUT2D eigenvalue weighted by Gasteiger charge is -2.36. The number of rotatable bonds is 2. The van der Waals surface area contributed by atoms with Crippen LogP contribution in [-0.2, 0) is 0 Å². The highest BCUT2D eigenvalue weighted by molar-refractivity contribution is 6.31. The Balaban J connectivity index is 1.62. The van der Waals surface area contributed by atoms with E-state index in [2.05, 4.69) is 5.32 Å². The molecule has 0 aromatic heterocycles. The number of amides is 2. The molecule has 0 spiro atoms. The molecule has 2 aromatic rings. The van der Waals surface area contributed by atoms with E-state index in [1.165, 1.54) is 12.1 Å². The molecule has 1 N–H and O–H groups in total. The number of nitrogens with zero attached hydrogens (tertiary/aromatic N) is 2. The number of hydrogen-bond donors (Lipinski definition) is 1. The Morgan fingerprint density at radius 2 is 1.80 bits per heavy atom. The first-order valence-electron chi connectivity index (χ1n) is 7.96. The molecular formula is C18H18ClF2N3O. The number of nitrogens with one attached hydrogen (secondary N) is 1. The van der Waals surface area contributed by atoms with Crippen LogP contribution in [0.3, 0.4) is 0 Å². The molecule has 132 valence electrons. The van der Waals surface area contributed by atoms with Gasteiger partial charge in [0.1, 0.15) is 11.6 Å². The predicted molar refractivity (Wildman–Crippen MR) is 95.4 cm³/mol. The van der Waals surface area contributed by atoms with Crippen LogP contribution in [0.2, 0.25) is 5.02 Å². The molecule has 0 atom stereocenters. The van der Waals surface area contributed by atoms with Gasteiger partial charge in [0.15, 0.2) is 0 Å². The zero-order chi connectivity index (χ0) is 18.0. The van der Waals surface area contributed by atoms with Crippen molar-refractivity contribution < 1.29 is 13.6 Å². The van der Waals surface area contributed by atoms with E-state index in [1.54, 1.807) is 17.0 Å². The third-order valence-electron chi connectivity index (χ3n) is 4.26. The van der Waals surface area contributed by atoms with Crippen LogP contribution in [0.25, 0.3) is 0 Å². The van der Waals surface area contributed by atoms with Crippen LogP contribution in [0.4, 0.5) is 25.0 Å². The second-order valence-corrected chi connectivity index (χ2v) is 6.40. The van der Waals surface area contributed by atoms with E-state index in [-0.39, 0.29) is 6.03 Å². The van der Waals surface area contributed by atoms with Crippen LogP contribution in [0.5, 0.6) is 0 Å². The standard InChI is InChI=1S/C18H18ClF2N3O/c1-12-2-3-13(19)10-16(12)22-18(25)24-8-6-23(7-9-24)17-5-4-14(20)11-15(17)21/h2-5,10-11H,6-9H2,1H3,(H,22,25). The lowest BCUT2D eigenvalue weighted by atomic mass is 10.2. The highest BCUT2D eigenvalue weighted by atomic mass is 35.5. The second-order valence-electron chi connectivity index (χ2n) is 5.96. The average Bonchev–Trinajstić information content (AvgIpc) is 2.58. The summed E-state index contributed by atoms with van der Waals surface area (Å²) in [5.74, 6) is -1.19. The molecule has 0 saturated carbocycles. The second kappa shape index (κ2) is 7.27. The van der Waals surface area contributed by atoms with Crippen molar-refractivity contribution >= 4 is 29.0 Å². The van der Waals surface area contributed by atoms with E-state index in [0.29, 0.717) is 42.6 Å². The Bertz CT molecular complexity index is 792. The minimum absolute atomic E-state index is 0.218. The van der Waals surface area contributed by atoms with Crippen molar-refractivity contribution in [3.8, 4) is 0 Å². The Kier molecular flexibility index (Phi) is 5.08. The molecule has 1 heterocycles. The van der Waals surface area contributed by atoms with Gasteiger partial charge in [0.2, 0.25) is 0 Å². The quantitative estimate of drug-likeness (QED) is 0.862. The predicted octanol–water partition coefficient (Wildman–Crippen LogP) is 4.28. The summed E-state index contributed by atoms with van der Waals surface area (Å²) in [6.45, 7) is 3.74. The van der Waals surface area contributed by atoms with E-state index in [1.807, 2.05) is 17.9 Å². The van der Waals surface area contributed by atoms with Gasteiger partial charge in [-0.05, 0) is 36.8 Å². The number of carbonyl (C=O) groups excluding carboxylic acids is 1. The zero-order valence-corrected chi connectivity index (χ0v) is 14.5. The molecule has 7 heteroatoms. The van der Waals surface area contributed by atoms with Gasteiger partial charge < -0.3 is 15.1 Å². The molecule has 0 unspecified atom stereocenters. The highest BCUT2D eigenvalue weighted by Crippen LogP contribution is 2.23. The maximum Gasteiger partial charge on any atom is 0.321 e. The molecule has 3 rings (SSSR count). The van der Waals surface area contributed by atoms with Gasteiger partial charge in [-0.25, -0.2) is 13.6 Å². The lowest BCUT2D eigenvalue weighted by molar-refractivity contribution is 0.208. The molecular weight excluding hydrogens is 348 g/mol. The molecule has 2 aromatic carbocycles. The van der Waals surface area contributed by atoms with Crippen LogP contribution in [0.15, 0.2) is 36.4 Å². The normalized spacial score (nSPS) is 14.6.